The van der Waals surface area contributed by atoms with Crippen LogP contribution in [0.3, 0.4) is 0 Å². The number of hydrogen-bond acceptors (Lipinski definition) is 5. The van der Waals surface area contributed by atoms with Crippen LogP contribution in [0.25, 0.3) is 0 Å². The molecule has 1 rings (SSSR count). The average molecular weight is 342 g/mol. The van der Waals surface area contributed by atoms with E-state index >= 15 is 0 Å². The fraction of sp³-hybridized carbons (Fsp3) is 0.417. The van der Waals surface area contributed by atoms with Crippen LogP contribution in [0.5, 0.6) is 5.75 Å². The quantitative estimate of drug-likeness (QED) is 0.602. The van der Waals surface area contributed by atoms with Crippen molar-refractivity contribution in [2.75, 3.05) is 6.61 Å². The SMILES string of the molecule is CCO[C@@H](Cc1ccc(OS(=O)(=O)C(F)(F)F)cc1)C(=O)O. The number of carboxylic acid groups (broad SMARTS) is 1. The lowest BCUT2D eigenvalue weighted by Crippen LogP contribution is -2.28. The summed E-state index contributed by atoms with van der Waals surface area (Å²) in [6.45, 7) is 1.80. The molecule has 0 bridgehead atoms. The summed E-state index contributed by atoms with van der Waals surface area (Å²) in [5.74, 6) is -1.70. The smallest absolute Gasteiger partial charge is 0.479 e. The Morgan fingerprint density at radius 1 is 1.27 bits per heavy atom. The molecular formula is C12H13F3O6S. The minimum atomic E-state index is -5.73. The Hall–Kier alpha value is -1.81. The molecular weight excluding hydrogens is 329 g/mol. The largest absolute Gasteiger partial charge is 0.534 e. The van der Waals surface area contributed by atoms with Gasteiger partial charge in [-0.15, -0.1) is 0 Å². The predicted molar refractivity (Wildman–Crippen MR) is 68.8 cm³/mol. The fourth-order valence-corrected chi connectivity index (χ4v) is 1.95. The zero-order chi connectivity index (χ0) is 17.0. The highest BCUT2D eigenvalue weighted by Crippen LogP contribution is 2.27. The minimum Gasteiger partial charge on any atom is -0.479 e. The molecule has 6 nitrogen and oxygen atoms in total. The van der Waals surface area contributed by atoms with Gasteiger partial charge in [0.1, 0.15) is 5.75 Å². The topological polar surface area (TPSA) is 89.9 Å². The maximum absolute atomic E-state index is 12.1. The lowest BCUT2D eigenvalue weighted by Gasteiger charge is -2.13. The second-order valence-electron chi connectivity index (χ2n) is 4.11. The summed E-state index contributed by atoms with van der Waals surface area (Å²) in [4.78, 5) is 10.9. The number of alkyl halides is 3. The second-order valence-corrected chi connectivity index (χ2v) is 5.65. The van der Waals surface area contributed by atoms with Crippen LogP contribution >= 0.6 is 0 Å². The van der Waals surface area contributed by atoms with Gasteiger partial charge in [0.2, 0.25) is 0 Å². The third-order valence-corrected chi connectivity index (χ3v) is 3.46. The highest BCUT2D eigenvalue weighted by molar-refractivity contribution is 7.87. The molecule has 1 N–H and O–H groups in total. The molecule has 1 atom stereocenters. The lowest BCUT2D eigenvalue weighted by atomic mass is 10.1. The van der Waals surface area contributed by atoms with E-state index in [0.717, 1.165) is 12.1 Å². The fourth-order valence-electron chi connectivity index (χ4n) is 1.49. The van der Waals surface area contributed by atoms with Crippen LogP contribution in [0.1, 0.15) is 12.5 Å². The molecule has 0 saturated heterocycles. The Morgan fingerprint density at radius 2 is 1.82 bits per heavy atom. The summed E-state index contributed by atoms with van der Waals surface area (Å²) in [6.07, 6.45) is -1.12. The predicted octanol–water partition coefficient (Wildman–Crippen LogP) is 1.95. The van der Waals surface area contributed by atoms with Gasteiger partial charge in [-0.2, -0.15) is 21.6 Å². The van der Waals surface area contributed by atoms with Crippen molar-refractivity contribution in [2.24, 2.45) is 0 Å². The van der Waals surface area contributed by atoms with Crippen molar-refractivity contribution in [3.05, 3.63) is 29.8 Å². The van der Waals surface area contributed by atoms with Gasteiger partial charge < -0.3 is 14.0 Å². The van der Waals surface area contributed by atoms with Crippen LogP contribution in [0.4, 0.5) is 13.2 Å². The van der Waals surface area contributed by atoms with Gasteiger partial charge in [-0.25, -0.2) is 4.79 Å². The van der Waals surface area contributed by atoms with Crippen molar-refractivity contribution in [2.45, 2.75) is 25.0 Å². The summed E-state index contributed by atoms with van der Waals surface area (Å²) in [5.41, 5.74) is -5.08. The molecule has 0 aromatic heterocycles. The first-order valence-electron chi connectivity index (χ1n) is 6.01. The van der Waals surface area contributed by atoms with Crippen molar-refractivity contribution in [3.8, 4) is 5.75 Å². The third kappa shape index (κ3) is 4.88. The summed E-state index contributed by atoms with van der Waals surface area (Å²) >= 11 is 0. The van der Waals surface area contributed by atoms with Crippen LogP contribution in [-0.4, -0.2) is 37.7 Å². The van der Waals surface area contributed by atoms with Crippen LogP contribution in [0, 0.1) is 0 Å². The number of aliphatic carboxylic acids is 1. The maximum atomic E-state index is 12.1. The maximum Gasteiger partial charge on any atom is 0.534 e. The van der Waals surface area contributed by atoms with E-state index in [1.807, 2.05) is 0 Å². The van der Waals surface area contributed by atoms with E-state index < -0.39 is 33.4 Å². The van der Waals surface area contributed by atoms with Gasteiger partial charge in [0.15, 0.2) is 6.10 Å². The zero-order valence-electron chi connectivity index (χ0n) is 11.3. The Kier molecular flexibility index (Phi) is 5.78. The number of halogens is 3. The average Bonchev–Trinajstić information content (AvgIpc) is 2.38. The Labute approximate surface area is 124 Å². The Bertz CT molecular complexity index is 609. The van der Waals surface area contributed by atoms with E-state index in [0.29, 0.717) is 5.56 Å². The number of rotatable bonds is 7. The highest BCUT2D eigenvalue weighted by Gasteiger charge is 2.48. The van der Waals surface area contributed by atoms with Gasteiger partial charge in [-0.3, -0.25) is 0 Å². The number of ether oxygens (including phenoxy) is 1. The number of benzene rings is 1. The van der Waals surface area contributed by atoms with Crippen LogP contribution in [-0.2, 0) is 26.1 Å². The van der Waals surface area contributed by atoms with Gasteiger partial charge in [0.25, 0.3) is 0 Å². The van der Waals surface area contributed by atoms with Crippen molar-refractivity contribution in [3.63, 3.8) is 0 Å². The zero-order valence-corrected chi connectivity index (χ0v) is 12.1. The summed E-state index contributed by atoms with van der Waals surface area (Å²) in [5, 5.41) is 8.91. The van der Waals surface area contributed by atoms with Gasteiger partial charge in [0, 0.05) is 13.0 Å². The van der Waals surface area contributed by atoms with E-state index in [1.165, 1.54) is 12.1 Å². The second kappa shape index (κ2) is 6.97. The summed E-state index contributed by atoms with van der Waals surface area (Å²) in [7, 11) is -5.73. The van der Waals surface area contributed by atoms with Crippen molar-refractivity contribution in [1.82, 2.24) is 0 Å². The molecule has 0 aliphatic carbocycles. The molecule has 1 aromatic rings. The number of hydrogen-bond donors (Lipinski definition) is 1. The molecule has 0 spiro atoms. The molecule has 22 heavy (non-hydrogen) atoms. The van der Waals surface area contributed by atoms with Gasteiger partial charge in [-0.05, 0) is 24.6 Å². The molecule has 0 aliphatic heterocycles. The van der Waals surface area contributed by atoms with E-state index in [4.69, 9.17) is 9.84 Å². The standard InChI is InChI=1S/C12H13F3O6S/c1-2-20-10(11(16)17)7-8-3-5-9(6-4-8)21-22(18,19)12(13,14)15/h3-6,10H,2,7H2,1H3,(H,16,17)/t10-/m0/s1. The molecule has 0 unspecified atom stereocenters. The molecule has 0 radical (unpaired) electrons. The monoisotopic (exact) mass is 342 g/mol. The molecule has 0 saturated carbocycles. The van der Waals surface area contributed by atoms with Crippen molar-refractivity contribution in [1.29, 1.82) is 0 Å². The van der Waals surface area contributed by atoms with E-state index in [-0.39, 0.29) is 13.0 Å². The lowest BCUT2D eigenvalue weighted by molar-refractivity contribution is -0.149. The van der Waals surface area contributed by atoms with E-state index in [9.17, 15) is 26.4 Å². The molecule has 1 aromatic carbocycles. The van der Waals surface area contributed by atoms with Gasteiger partial charge in [0.05, 0.1) is 0 Å². The first kappa shape index (κ1) is 18.2. The molecule has 0 aliphatic rings. The summed E-state index contributed by atoms with van der Waals surface area (Å²) in [6, 6.07) is 4.53. The van der Waals surface area contributed by atoms with Crippen molar-refractivity contribution < 1.29 is 40.4 Å². The number of carboxylic acids is 1. The number of carbonyl (C=O) groups is 1. The molecule has 10 heteroatoms. The molecule has 0 heterocycles. The highest BCUT2D eigenvalue weighted by atomic mass is 32.2. The Balaban J connectivity index is 2.81. The van der Waals surface area contributed by atoms with Gasteiger partial charge >= 0.3 is 21.6 Å². The first-order chi connectivity index (χ1) is 10.1. The van der Waals surface area contributed by atoms with Crippen LogP contribution in [0.2, 0.25) is 0 Å². The van der Waals surface area contributed by atoms with E-state index in [2.05, 4.69) is 4.18 Å². The molecule has 124 valence electrons. The van der Waals surface area contributed by atoms with Crippen LogP contribution < -0.4 is 4.18 Å². The minimum absolute atomic E-state index is 0.0184. The van der Waals surface area contributed by atoms with Gasteiger partial charge in [-0.1, -0.05) is 12.1 Å². The van der Waals surface area contributed by atoms with E-state index in [1.54, 1.807) is 6.92 Å². The summed E-state index contributed by atoms with van der Waals surface area (Å²) < 4.78 is 67.0. The first-order valence-corrected chi connectivity index (χ1v) is 7.41. The van der Waals surface area contributed by atoms with Crippen molar-refractivity contribution >= 4 is 16.1 Å². The third-order valence-electron chi connectivity index (χ3n) is 2.48. The Morgan fingerprint density at radius 3 is 2.23 bits per heavy atom. The van der Waals surface area contributed by atoms with Crippen LogP contribution in [0.15, 0.2) is 24.3 Å². The normalized spacial score (nSPS) is 13.6. The molecule has 0 fully saturated rings. The molecule has 0 amide bonds.